The predicted molar refractivity (Wildman–Crippen MR) is 95.5 cm³/mol. The zero-order valence-electron chi connectivity index (χ0n) is 15.6. The molecule has 1 aromatic carbocycles. The van der Waals surface area contributed by atoms with Gasteiger partial charge in [-0.05, 0) is 17.7 Å². The van der Waals surface area contributed by atoms with E-state index in [1.807, 2.05) is 0 Å². The van der Waals surface area contributed by atoms with Gasteiger partial charge in [-0.25, -0.2) is 0 Å². The number of nitro groups is 1. The zero-order chi connectivity index (χ0) is 20.4. The Hall–Kier alpha value is -3.27. The molecule has 3 rings (SSSR count). The number of Topliss-reactive ketones (excluding diaryl/α,β-unsaturated/α-hetero) is 2. The summed E-state index contributed by atoms with van der Waals surface area (Å²) in [6.45, 7) is -0.176. The maximum atomic E-state index is 12.8. The summed E-state index contributed by atoms with van der Waals surface area (Å²) in [5.74, 6) is -1.03. The summed E-state index contributed by atoms with van der Waals surface area (Å²) >= 11 is 0. The number of hydrogen-bond donors (Lipinski definition) is 0. The lowest BCUT2D eigenvalue weighted by atomic mass is 9.89. The molecule has 0 saturated carbocycles. The van der Waals surface area contributed by atoms with Crippen LogP contribution in [0.1, 0.15) is 28.6 Å². The number of methoxy groups -OCH3 is 2. The molecule has 0 N–H and O–H groups in total. The van der Waals surface area contributed by atoms with Gasteiger partial charge in [0.1, 0.15) is 29.4 Å². The minimum atomic E-state index is -1.11. The number of ketones is 2. The number of rotatable bonds is 6. The molecule has 10 heteroatoms. The summed E-state index contributed by atoms with van der Waals surface area (Å²) in [5.41, 5.74) is 0.0374. The molecule has 1 fully saturated rings. The van der Waals surface area contributed by atoms with Gasteiger partial charge in [-0.3, -0.25) is 24.4 Å². The van der Waals surface area contributed by atoms with Crippen molar-refractivity contribution in [1.82, 2.24) is 9.78 Å². The number of aryl methyl sites for hydroxylation is 1. The van der Waals surface area contributed by atoms with Crippen molar-refractivity contribution in [2.45, 2.75) is 12.5 Å². The van der Waals surface area contributed by atoms with Gasteiger partial charge in [0.05, 0.1) is 31.9 Å². The second-order valence-electron chi connectivity index (χ2n) is 6.31. The SMILES string of the molecule is COc1cc(OC)cc(C2CC(=O)C(C(=O)c3c([N+](=O)[O-])cnn3C)CO2)c1. The fraction of sp³-hybridized carbons (Fsp3) is 0.389. The van der Waals surface area contributed by atoms with Gasteiger partial charge in [0.15, 0.2) is 5.69 Å². The van der Waals surface area contributed by atoms with Gasteiger partial charge in [0.2, 0.25) is 5.78 Å². The molecule has 0 aliphatic carbocycles. The average Bonchev–Trinajstić information content (AvgIpc) is 3.08. The zero-order valence-corrected chi connectivity index (χ0v) is 15.6. The summed E-state index contributed by atoms with van der Waals surface area (Å²) in [6.07, 6.45) is 0.382. The molecule has 2 atom stereocenters. The maximum Gasteiger partial charge on any atom is 0.318 e. The minimum absolute atomic E-state index is 0.0433. The molecule has 0 radical (unpaired) electrons. The molecule has 2 aromatic rings. The van der Waals surface area contributed by atoms with Crippen molar-refractivity contribution < 1.29 is 28.7 Å². The molecule has 1 aliphatic heterocycles. The van der Waals surface area contributed by atoms with E-state index in [0.717, 1.165) is 10.9 Å². The molecule has 0 amide bonds. The first kappa shape index (κ1) is 19.5. The summed E-state index contributed by atoms with van der Waals surface area (Å²) in [4.78, 5) is 35.8. The van der Waals surface area contributed by atoms with Crippen LogP contribution in [-0.4, -0.2) is 47.1 Å². The standard InChI is InChI=1S/C18H19N3O7/c1-20-17(14(8-19-20)21(24)25)18(23)13-9-28-16(7-15(13)22)10-4-11(26-2)6-12(5-10)27-3/h4-6,8,13,16H,7,9H2,1-3H3. The summed E-state index contributed by atoms with van der Waals surface area (Å²) < 4.78 is 17.3. The highest BCUT2D eigenvalue weighted by Crippen LogP contribution is 2.35. The Morgan fingerprint density at radius 1 is 1.29 bits per heavy atom. The van der Waals surface area contributed by atoms with E-state index in [0.29, 0.717) is 17.1 Å². The van der Waals surface area contributed by atoms with Crippen LogP contribution in [0.15, 0.2) is 24.4 Å². The van der Waals surface area contributed by atoms with E-state index in [1.165, 1.54) is 21.3 Å². The topological polar surface area (TPSA) is 123 Å². The van der Waals surface area contributed by atoms with Crippen molar-refractivity contribution in [3.63, 3.8) is 0 Å². The van der Waals surface area contributed by atoms with Crippen LogP contribution < -0.4 is 9.47 Å². The third kappa shape index (κ3) is 3.58. The van der Waals surface area contributed by atoms with Gasteiger partial charge < -0.3 is 14.2 Å². The Morgan fingerprint density at radius 2 is 1.93 bits per heavy atom. The monoisotopic (exact) mass is 389 g/mol. The molecule has 2 unspecified atom stereocenters. The Morgan fingerprint density at radius 3 is 2.46 bits per heavy atom. The molecule has 10 nitrogen and oxygen atoms in total. The fourth-order valence-corrected chi connectivity index (χ4v) is 3.15. The Balaban J connectivity index is 1.81. The van der Waals surface area contributed by atoms with E-state index in [9.17, 15) is 19.7 Å². The summed E-state index contributed by atoms with van der Waals surface area (Å²) in [7, 11) is 4.45. The van der Waals surface area contributed by atoms with E-state index in [1.54, 1.807) is 18.2 Å². The van der Waals surface area contributed by atoms with E-state index in [4.69, 9.17) is 14.2 Å². The van der Waals surface area contributed by atoms with Gasteiger partial charge >= 0.3 is 5.69 Å². The smallest absolute Gasteiger partial charge is 0.318 e. The molecule has 1 aromatic heterocycles. The molecule has 1 aliphatic rings. The maximum absolute atomic E-state index is 12.8. The lowest BCUT2D eigenvalue weighted by molar-refractivity contribution is -0.385. The van der Waals surface area contributed by atoms with Crippen LogP contribution in [0.2, 0.25) is 0 Å². The van der Waals surface area contributed by atoms with Crippen molar-refractivity contribution in [2.75, 3.05) is 20.8 Å². The van der Waals surface area contributed by atoms with Crippen LogP contribution >= 0.6 is 0 Å². The number of carbonyl (C=O) groups excluding carboxylic acids is 2. The number of aromatic nitrogens is 2. The van der Waals surface area contributed by atoms with Crippen LogP contribution in [-0.2, 0) is 16.6 Å². The number of carbonyl (C=O) groups is 2. The van der Waals surface area contributed by atoms with Crippen LogP contribution in [0.3, 0.4) is 0 Å². The molecule has 28 heavy (non-hydrogen) atoms. The number of hydrogen-bond acceptors (Lipinski definition) is 8. The average molecular weight is 389 g/mol. The van der Waals surface area contributed by atoms with Crippen LogP contribution in [0, 0.1) is 16.0 Å². The Labute approximate surface area is 160 Å². The molecule has 0 bridgehead atoms. The lowest BCUT2D eigenvalue weighted by Gasteiger charge is -2.27. The number of benzene rings is 1. The molecule has 1 saturated heterocycles. The molecule has 2 heterocycles. The fourth-order valence-electron chi connectivity index (χ4n) is 3.15. The van der Waals surface area contributed by atoms with Gasteiger partial charge in [0, 0.05) is 19.5 Å². The van der Waals surface area contributed by atoms with Crippen LogP contribution in [0.25, 0.3) is 0 Å². The van der Waals surface area contributed by atoms with Crippen molar-refractivity contribution in [1.29, 1.82) is 0 Å². The highest BCUT2D eigenvalue weighted by atomic mass is 16.6. The third-order valence-corrected chi connectivity index (χ3v) is 4.65. The van der Waals surface area contributed by atoms with Gasteiger partial charge in [0.25, 0.3) is 0 Å². The van der Waals surface area contributed by atoms with Crippen molar-refractivity contribution in [3.8, 4) is 11.5 Å². The van der Waals surface area contributed by atoms with E-state index in [-0.39, 0.29) is 24.5 Å². The first-order valence-electron chi connectivity index (χ1n) is 8.43. The quantitative estimate of drug-likeness (QED) is 0.317. The van der Waals surface area contributed by atoms with Gasteiger partial charge in [-0.2, -0.15) is 5.10 Å². The van der Waals surface area contributed by atoms with Gasteiger partial charge in [-0.15, -0.1) is 0 Å². The van der Waals surface area contributed by atoms with Crippen molar-refractivity contribution in [2.24, 2.45) is 13.0 Å². The Kier molecular flexibility index (Phi) is 5.41. The first-order valence-corrected chi connectivity index (χ1v) is 8.43. The van der Waals surface area contributed by atoms with E-state index < -0.39 is 28.4 Å². The number of ether oxygens (including phenoxy) is 3. The summed E-state index contributed by atoms with van der Waals surface area (Å²) in [6, 6.07) is 5.16. The number of nitrogens with zero attached hydrogens (tertiary/aromatic N) is 3. The lowest BCUT2D eigenvalue weighted by Crippen LogP contribution is -2.36. The van der Waals surface area contributed by atoms with Crippen molar-refractivity contribution >= 4 is 17.3 Å². The highest BCUT2D eigenvalue weighted by molar-refractivity contribution is 6.12. The molecular weight excluding hydrogens is 370 g/mol. The second kappa shape index (κ2) is 7.77. The van der Waals surface area contributed by atoms with Crippen LogP contribution in [0.4, 0.5) is 5.69 Å². The molecular formula is C18H19N3O7. The third-order valence-electron chi connectivity index (χ3n) is 4.65. The van der Waals surface area contributed by atoms with E-state index >= 15 is 0 Å². The molecule has 148 valence electrons. The van der Waals surface area contributed by atoms with Gasteiger partial charge in [-0.1, -0.05) is 0 Å². The van der Waals surface area contributed by atoms with Crippen LogP contribution in [0.5, 0.6) is 11.5 Å². The predicted octanol–water partition coefficient (Wildman–Crippen LogP) is 1.88. The first-order chi connectivity index (χ1) is 13.3. The van der Waals surface area contributed by atoms with Crippen molar-refractivity contribution in [3.05, 3.63) is 45.8 Å². The largest absolute Gasteiger partial charge is 0.497 e. The normalized spacial score (nSPS) is 19.3. The molecule has 0 spiro atoms. The minimum Gasteiger partial charge on any atom is -0.497 e. The summed E-state index contributed by atoms with van der Waals surface area (Å²) in [5, 5.41) is 14.9. The van der Waals surface area contributed by atoms with E-state index in [2.05, 4.69) is 5.10 Å². The second-order valence-corrected chi connectivity index (χ2v) is 6.31. The highest BCUT2D eigenvalue weighted by Gasteiger charge is 2.39. The Bertz CT molecular complexity index is 915.